The Hall–Kier alpha value is -7.95. The zero-order valence-corrected chi connectivity index (χ0v) is 34.4. The number of rotatable bonds is 6. The molecule has 2 aliphatic rings. The van der Waals surface area contributed by atoms with E-state index in [1.165, 1.54) is 13.0 Å². The number of allylic oxidation sites excluding steroid dienone is 3. The van der Waals surface area contributed by atoms with Crippen LogP contribution < -0.4 is 10.4 Å². The topological polar surface area (TPSA) is 84.5 Å². The molecule has 5 aromatic rings. The van der Waals surface area contributed by atoms with Crippen molar-refractivity contribution in [2.24, 2.45) is 0 Å². The summed E-state index contributed by atoms with van der Waals surface area (Å²) in [6.45, 7) is 24.2. The summed E-state index contributed by atoms with van der Waals surface area (Å²) in [7, 11) is -20.8. The van der Waals surface area contributed by atoms with Crippen molar-refractivity contribution < 1.29 is 52.0 Å². The van der Waals surface area contributed by atoms with Crippen molar-refractivity contribution in [1.82, 2.24) is 0 Å². The van der Waals surface area contributed by atoms with E-state index in [0.29, 0.717) is 36.4 Å². The van der Waals surface area contributed by atoms with Crippen molar-refractivity contribution in [2.75, 3.05) is 0 Å². The molecule has 7 rings (SSSR count). The number of nitriles is 3. The highest BCUT2D eigenvalue weighted by atomic mass is 32.5. The van der Waals surface area contributed by atoms with E-state index in [1.54, 1.807) is 18.2 Å². The van der Waals surface area contributed by atoms with Gasteiger partial charge in [0, 0.05) is 6.42 Å². The molecule has 0 N–H and O–H groups in total. The van der Waals surface area contributed by atoms with Gasteiger partial charge in [0.2, 0.25) is 0 Å². The van der Waals surface area contributed by atoms with Gasteiger partial charge in [0.1, 0.15) is 64.2 Å². The predicted octanol–water partition coefficient (Wildman–Crippen LogP) is 14.4. The second kappa shape index (κ2) is 13.8. The number of fused-ring (bicyclic) bond motifs is 2. The van der Waals surface area contributed by atoms with Crippen LogP contribution in [-0.2, 0) is 12.8 Å². The molecule has 0 fully saturated rings. The van der Waals surface area contributed by atoms with Crippen LogP contribution in [0.15, 0.2) is 105 Å². The first-order chi connectivity index (χ1) is 30.4. The quantitative estimate of drug-likeness (QED) is 0.0965. The Balaban J connectivity index is 1.88. The van der Waals surface area contributed by atoms with Gasteiger partial charge in [0.05, 0.1) is 17.7 Å². The van der Waals surface area contributed by atoms with E-state index in [-0.39, 0.29) is 90.4 Å². The molecule has 0 spiro atoms. The summed E-state index contributed by atoms with van der Waals surface area (Å²) < 4.78 is 188. The van der Waals surface area contributed by atoms with Crippen LogP contribution >= 0.6 is 20.4 Å². The van der Waals surface area contributed by atoms with Crippen LogP contribution in [0.1, 0.15) is 33.4 Å². The van der Waals surface area contributed by atoms with Gasteiger partial charge in [-0.3, -0.25) is 0 Å². The van der Waals surface area contributed by atoms with Gasteiger partial charge >= 0.3 is 26.3 Å². The Morgan fingerprint density at radius 3 is 1.32 bits per heavy atom. The average Bonchev–Trinajstić information content (AvgIpc) is 3.79. The third kappa shape index (κ3) is 7.75. The minimum atomic E-state index is -10.4. The van der Waals surface area contributed by atoms with E-state index in [0.717, 1.165) is 6.07 Å². The fourth-order valence-electron chi connectivity index (χ4n) is 8.19. The number of aryl methyl sites for hydroxylation is 1. The van der Waals surface area contributed by atoms with Crippen LogP contribution in [0.25, 0.3) is 47.9 Å². The predicted molar refractivity (Wildman–Crippen MR) is 219 cm³/mol. The number of hydrogen-bond donors (Lipinski definition) is 0. The number of halogens is 13. The SMILES string of the molecule is [C-]#[N+]C([N+]#[C-])=C1Cc2c(-c3ccc(S(F)(F)(F)(F)F)cc3)c3c(c(-c4ccc(S(F)(F)(F)(F)F)cc4)c2=C1c1cc(F)c([N+]#[C-])c(F)c1)CC(=C(C#N)C#N)C=3c1cc(C)c(C#N)c(F)c1. The molecule has 5 aromatic carbocycles. The van der Waals surface area contributed by atoms with E-state index < -0.39 is 99.9 Å². The highest BCUT2D eigenvalue weighted by Gasteiger charge is 2.66. The molecule has 0 aromatic heterocycles. The van der Waals surface area contributed by atoms with Gasteiger partial charge in [0.15, 0.2) is 0 Å². The summed E-state index contributed by atoms with van der Waals surface area (Å²) in [5, 5.41) is 29.5. The van der Waals surface area contributed by atoms with Crippen molar-refractivity contribution >= 4 is 37.3 Å². The standard InChI is InChI=1S/C45H19F13N6S2/c1-22-13-25(14-35(46)34(22)21-61)40-30(27(19-59)20-60)17-31-38(23-5-9-28(10-6-23)65(49,50,51,52)53)43-32(39(42(31)40)24-7-11-29(12-8-24)66(54,55,56,57)58)18-33(45(63-3)64-4)41(43)26-15-36(47)44(62-2)37(48)16-26/h5-16H,17-18H2,1H3. The molecular weight excluding hydrogens is 936 g/mol. The second-order valence-corrected chi connectivity index (χ2v) is 19.6. The van der Waals surface area contributed by atoms with Gasteiger partial charge in [-0.15, -0.1) is 0 Å². The van der Waals surface area contributed by atoms with E-state index in [1.807, 2.05) is 0 Å². The van der Waals surface area contributed by atoms with Crippen LogP contribution in [0.2, 0.25) is 0 Å². The van der Waals surface area contributed by atoms with E-state index >= 15 is 13.2 Å². The maximum Gasteiger partial charge on any atom is 0.523 e. The van der Waals surface area contributed by atoms with Gasteiger partial charge in [-0.25, -0.2) is 18.0 Å². The molecule has 0 saturated carbocycles. The lowest BCUT2D eigenvalue weighted by Gasteiger charge is -2.40. The molecule has 66 heavy (non-hydrogen) atoms. The Bertz CT molecular complexity index is 3260. The molecule has 0 unspecified atom stereocenters. The van der Waals surface area contributed by atoms with Crippen LogP contribution in [0.5, 0.6) is 0 Å². The summed E-state index contributed by atoms with van der Waals surface area (Å²) >= 11 is 0. The normalized spacial score (nSPS) is 15.3. The van der Waals surface area contributed by atoms with Crippen molar-refractivity contribution in [2.45, 2.75) is 29.6 Å². The molecule has 0 bridgehead atoms. The summed E-state index contributed by atoms with van der Waals surface area (Å²) in [5.41, 5.74) is -6.25. The number of nitrogens with zero attached hydrogens (tertiary/aromatic N) is 6. The minimum Gasteiger partial charge on any atom is -0.232 e. The maximum absolute atomic E-state index is 15.8. The summed E-state index contributed by atoms with van der Waals surface area (Å²) in [6, 6.07) is 10.6. The highest BCUT2D eigenvalue weighted by Crippen LogP contribution is 3.02. The maximum atomic E-state index is 15.8. The Labute approximate surface area is 364 Å². The first-order valence-corrected chi connectivity index (χ1v) is 22.0. The third-order valence-corrected chi connectivity index (χ3v) is 13.1. The van der Waals surface area contributed by atoms with Crippen molar-refractivity contribution in [3.63, 3.8) is 0 Å². The summed E-state index contributed by atoms with van der Waals surface area (Å²) in [6.07, 6.45) is -1.38. The van der Waals surface area contributed by atoms with Gasteiger partial charge in [0.25, 0.3) is 5.69 Å². The molecule has 0 radical (unpaired) electrons. The molecular formula is C45H19F13N6S2. The largest absolute Gasteiger partial charge is 0.523 e. The van der Waals surface area contributed by atoms with Gasteiger partial charge in [-0.2, -0.15) is 25.5 Å². The lowest BCUT2D eigenvalue weighted by molar-refractivity contribution is 0.360. The number of hydrogen-bond acceptors (Lipinski definition) is 3. The molecule has 0 atom stereocenters. The molecule has 0 amide bonds. The van der Waals surface area contributed by atoms with Crippen LogP contribution in [0.3, 0.4) is 0 Å². The van der Waals surface area contributed by atoms with Crippen molar-refractivity contribution in [3.05, 3.63) is 191 Å². The zero-order valence-electron chi connectivity index (χ0n) is 32.8. The molecule has 0 saturated heterocycles. The van der Waals surface area contributed by atoms with E-state index in [9.17, 15) is 54.6 Å². The molecule has 332 valence electrons. The van der Waals surface area contributed by atoms with E-state index in [4.69, 9.17) is 19.7 Å². The lowest BCUT2D eigenvalue weighted by atomic mass is 9.85. The van der Waals surface area contributed by atoms with Crippen molar-refractivity contribution in [3.8, 4) is 40.5 Å². The molecule has 6 nitrogen and oxygen atoms in total. The molecule has 0 heterocycles. The molecule has 21 heteroatoms. The molecule has 2 aliphatic carbocycles. The van der Waals surface area contributed by atoms with Crippen LogP contribution in [0.4, 0.5) is 57.7 Å². The molecule has 0 aliphatic heterocycles. The number of benzene rings is 5. The van der Waals surface area contributed by atoms with Crippen LogP contribution in [-0.4, -0.2) is 0 Å². The van der Waals surface area contributed by atoms with Gasteiger partial charge in [-0.05, 0) is 139 Å². The first kappa shape index (κ1) is 46.1. The fraction of sp³-hybridized carbons (Fsp3) is 0.0667. The minimum absolute atomic E-state index is 0.00692. The second-order valence-electron chi connectivity index (χ2n) is 14.8. The monoisotopic (exact) mass is 954 g/mol. The smallest absolute Gasteiger partial charge is 0.232 e. The third-order valence-electron chi connectivity index (χ3n) is 10.8. The van der Waals surface area contributed by atoms with Gasteiger partial charge < -0.3 is 0 Å². The summed E-state index contributed by atoms with van der Waals surface area (Å²) in [4.78, 5) is 4.51. The lowest BCUT2D eigenvalue weighted by Crippen LogP contribution is -2.25. The zero-order chi connectivity index (χ0) is 48.8. The van der Waals surface area contributed by atoms with Gasteiger partial charge in [-0.1, -0.05) is 63.1 Å². The van der Waals surface area contributed by atoms with Crippen LogP contribution in [0, 0.1) is 78.1 Å². The average molecular weight is 955 g/mol. The summed E-state index contributed by atoms with van der Waals surface area (Å²) in [5.74, 6) is -4.95. The Morgan fingerprint density at radius 1 is 0.561 bits per heavy atom. The Morgan fingerprint density at radius 2 is 0.955 bits per heavy atom. The van der Waals surface area contributed by atoms with E-state index in [2.05, 4.69) is 14.5 Å². The van der Waals surface area contributed by atoms with Crippen molar-refractivity contribution in [1.29, 1.82) is 15.8 Å². The fourth-order valence-corrected chi connectivity index (χ4v) is 9.49. The highest BCUT2D eigenvalue weighted by molar-refractivity contribution is 8.46. The first-order valence-electron chi connectivity index (χ1n) is 18.1. The Kier molecular flexibility index (Phi) is 9.61.